The van der Waals surface area contributed by atoms with Gasteiger partial charge >= 0.3 is 0 Å². The largest absolute Gasteiger partial charge is 0.494 e. The fourth-order valence-corrected chi connectivity index (χ4v) is 5.21. The normalized spacial score (nSPS) is 18.1. The zero-order chi connectivity index (χ0) is 25.1. The van der Waals surface area contributed by atoms with Gasteiger partial charge in [0.05, 0.1) is 39.6 Å². The Morgan fingerprint density at radius 1 is 1.14 bits per heavy atom. The highest BCUT2D eigenvalue weighted by atomic mass is 35.5. The number of ketones is 1. The fourth-order valence-electron chi connectivity index (χ4n) is 4.57. The predicted molar refractivity (Wildman–Crippen MR) is 143 cm³/mol. The van der Waals surface area contributed by atoms with Crippen LogP contribution in [0, 0.1) is 5.92 Å². The lowest BCUT2D eigenvalue weighted by atomic mass is 9.86. The molecule has 0 unspecified atom stereocenters. The molecule has 3 aromatic rings. The van der Waals surface area contributed by atoms with Crippen molar-refractivity contribution < 1.29 is 9.53 Å². The highest BCUT2D eigenvalue weighted by molar-refractivity contribution is 6.37. The molecular formula is C26H31Cl2N5O2. The number of nitrogens with zero attached hydrogens (tertiary/aromatic N) is 3. The van der Waals surface area contributed by atoms with E-state index in [-0.39, 0.29) is 11.8 Å². The number of hydrogen-bond donors (Lipinski definition) is 2. The molecule has 2 heterocycles. The van der Waals surface area contributed by atoms with Crippen LogP contribution in [-0.2, 0) is 0 Å². The van der Waals surface area contributed by atoms with Gasteiger partial charge in [-0.25, -0.2) is 4.98 Å². The second-order valence-electron chi connectivity index (χ2n) is 9.26. The number of carbonyl (C=O) groups is 1. The topological polar surface area (TPSA) is 79.4 Å². The van der Waals surface area contributed by atoms with Crippen molar-refractivity contribution in [2.24, 2.45) is 5.92 Å². The first-order valence-electron chi connectivity index (χ1n) is 11.8. The predicted octanol–water partition coefficient (Wildman–Crippen LogP) is 5.85. The molecule has 9 heteroatoms. The molecule has 0 amide bonds. The fraction of sp³-hybridized carbons (Fsp3) is 0.423. The van der Waals surface area contributed by atoms with E-state index in [0.29, 0.717) is 38.5 Å². The van der Waals surface area contributed by atoms with Crippen molar-refractivity contribution in [2.45, 2.75) is 38.6 Å². The van der Waals surface area contributed by atoms with Gasteiger partial charge in [-0.05, 0) is 62.8 Å². The number of anilines is 1. The van der Waals surface area contributed by atoms with Crippen LogP contribution in [0.3, 0.4) is 0 Å². The molecular weight excluding hydrogens is 485 g/mol. The van der Waals surface area contributed by atoms with E-state index in [4.69, 9.17) is 32.9 Å². The highest BCUT2D eigenvalue weighted by Crippen LogP contribution is 2.38. The summed E-state index contributed by atoms with van der Waals surface area (Å²) >= 11 is 12.7. The Morgan fingerprint density at radius 3 is 2.43 bits per heavy atom. The van der Waals surface area contributed by atoms with Crippen molar-refractivity contribution in [3.8, 4) is 17.0 Å². The molecule has 1 aromatic carbocycles. The molecule has 0 atom stereocenters. The number of benzene rings is 1. The number of methoxy groups -OCH3 is 1. The van der Waals surface area contributed by atoms with E-state index >= 15 is 0 Å². The lowest BCUT2D eigenvalue weighted by Crippen LogP contribution is -2.37. The maximum atomic E-state index is 12.5. The minimum atomic E-state index is -0.0477. The summed E-state index contributed by atoms with van der Waals surface area (Å²) in [6.07, 6.45) is 5.95. The van der Waals surface area contributed by atoms with Gasteiger partial charge in [0, 0.05) is 38.4 Å². The molecule has 7 nitrogen and oxygen atoms in total. The van der Waals surface area contributed by atoms with Gasteiger partial charge in [0.25, 0.3) is 0 Å². The number of pyridine rings is 2. The van der Waals surface area contributed by atoms with Crippen molar-refractivity contribution in [1.82, 2.24) is 20.4 Å². The molecule has 4 rings (SSSR count). The van der Waals surface area contributed by atoms with Crippen molar-refractivity contribution in [2.75, 3.05) is 33.1 Å². The lowest BCUT2D eigenvalue weighted by molar-refractivity contribution is 0.101. The number of ether oxygens (including phenoxy) is 1. The van der Waals surface area contributed by atoms with Crippen LogP contribution in [0.5, 0.6) is 5.75 Å². The molecule has 1 fully saturated rings. The smallest absolute Gasteiger partial charge is 0.163 e. The third kappa shape index (κ3) is 5.86. The first kappa shape index (κ1) is 25.6. The minimum absolute atomic E-state index is 0.0477. The van der Waals surface area contributed by atoms with Crippen LogP contribution in [0.1, 0.15) is 43.0 Å². The highest BCUT2D eigenvalue weighted by Gasteiger charge is 2.24. The van der Waals surface area contributed by atoms with Crippen LogP contribution >= 0.6 is 23.2 Å². The Bertz CT molecular complexity index is 1200. The number of halogens is 2. The number of Topliss-reactive ketones (excluding diaryl/α,β-unsaturated/α-hetero) is 1. The minimum Gasteiger partial charge on any atom is -0.494 e. The van der Waals surface area contributed by atoms with Crippen LogP contribution in [0.15, 0.2) is 30.5 Å². The van der Waals surface area contributed by atoms with E-state index < -0.39 is 0 Å². The molecule has 1 saturated carbocycles. The first-order valence-corrected chi connectivity index (χ1v) is 12.5. The molecule has 35 heavy (non-hydrogen) atoms. The summed E-state index contributed by atoms with van der Waals surface area (Å²) in [6, 6.07) is 7.61. The molecule has 2 N–H and O–H groups in total. The average molecular weight is 516 g/mol. The average Bonchev–Trinajstić information content (AvgIpc) is 2.83. The van der Waals surface area contributed by atoms with Gasteiger partial charge in [-0.2, -0.15) is 0 Å². The molecule has 0 saturated heterocycles. The third-order valence-corrected chi connectivity index (χ3v) is 7.04. The number of fused-ring (bicyclic) bond motifs is 1. The van der Waals surface area contributed by atoms with Crippen molar-refractivity contribution in [3.63, 3.8) is 0 Å². The Kier molecular flexibility index (Phi) is 8.12. The van der Waals surface area contributed by atoms with Crippen LogP contribution in [-0.4, -0.2) is 54.6 Å². The van der Waals surface area contributed by atoms with Gasteiger partial charge in [-0.15, -0.1) is 0 Å². The maximum Gasteiger partial charge on any atom is 0.163 e. The first-order chi connectivity index (χ1) is 16.8. The Hall–Kier alpha value is -2.45. The molecule has 0 spiro atoms. The number of hydrogen-bond acceptors (Lipinski definition) is 7. The van der Waals surface area contributed by atoms with E-state index in [0.717, 1.165) is 49.0 Å². The van der Waals surface area contributed by atoms with Gasteiger partial charge in [-0.1, -0.05) is 23.2 Å². The summed E-state index contributed by atoms with van der Waals surface area (Å²) in [4.78, 5) is 21.9. The van der Waals surface area contributed by atoms with E-state index in [1.165, 1.54) is 7.11 Å². The Labute approximate surface area is 216 Å². The van der Waals surface area contributed by atoms with Crippen LogP contribution in [0.25, 0.3) is 22.3 Å². The van der Waals surface area contributed by atoms with Crippen LogP contribution < -0.4 is 15.5 Å². The number of nitrogens with one attached hydrogen (secondary N) is 2. The number of aromatic nitrogens is 2. The van der Waals surface area contributed by atoms with Crippen LogP contribution in [0.4, 0.5) is 5.69 Å². The van der Waals surface area contributed by atoms with Crippen molar-refractivity contribution in [3.05, 3.63) is 46.1 Å². The third-order valence-electron chi connectivity index (χ3n) is 6.48. The molecule has 0 radical (unpaired) electrons. The summed E-state index contributed by atoms with van der Waals surface area (Å²) in [5, 5.41) is 6.47. The molecule has 1 aliphatic carbocycles. The van der Waals surface area contributed by atoms with Gasteiger partial charge in [0.15, 0.2) is 11.5 Å². The monoisotopic (exact) mass is 515 g/mol. The van der Waals surface area contributed by atoms with E-state index in [2.05, 4.69) is 15.7 Å². The number of rotatable bonds is 8. The van der Waals surface area contributed by atoms with E-state index in [9.17, 15) is 4.79 Å². The quantitative estimate of drug-likeness (QED) is 0.287. The van der Waals surface area contributed by atoms with Crippen molar-refractivity contribution in [1.29, 1.82) is 0 Å². The lowest BCUT2D eigenvalue weighted by Gasteiger charge is -2.31. The molecule has 1 aliphatic rings. The SMILES string of the molecule is COc1c(Cl)cc(-c2ccc3ncc(C(C)=O)c(NC4CCC(CNN(C)C)CC4)c3n2)cc1Cl. The Balaban J connectivity index is 1.66. The summed E-state index contributed by atoms with van der Waals surface area (Å²) in [6.45, 7) is 2.54. The summed E-state index contributed by atoms with van der Waals surface area (Å²) < 4.78 is 5.27. The van der Waals surface area contributed by atoms with Crippen LogP contribution in [0.2, 0.25) is 10.0 Å². The van der Waals surface area contributed by atoms with Crippen molar-refractivity contribution >= 4 is 45.7 Å². The second-order valence-corrected chi connectivity index (χ2v) is 10.1. The van der Waals surface area contributed by atoms with E-state index in [1.54, 1.807) is 25.3 Å². The van der Waals surface area contributed by atoms with Gasteiger partial charge in [0.2, 0.25) is 0 Å². The maximum absolute atomic E-state index is 12.5. The molecule has 2 aromatic heterocycles. The standard InChI is InChI=1S/C26H31Cl2N5O2/c1-15(34)19-14-29-23-10-9-22(17-11-20(27)26(35-4)21(28)12-17)32-25(23)24(19)31-18-7-5-16(6-8-18)13-30-33(2)3/h9-12,14,16,18,30H,5-8,13H2,1-4H3,(H,29,31). The summed E-state index contributed by atoms with van der Waals surface area (Å²) in [5.41, 5.74) is 7.50. The Morgan fingerprint density at radius 2 is 1.83 bits per heavy atom. The number of hydrazine groups is 1. The second kappa shape index (κ2) is 11.1. The van der Waals surface area contributed by atoms with E-state index in [1.807, 2.05) is 31.2 Å². The zero-order valence-corrected chi connectivity index (χ0v) is 22.0. The summed E-state index contributed by atoms with van der Waals surface area (Å²) in [7, 11) is 5.56. The molecule has 0 aliphatic heterocycles. The van der Waals surface area contributed by atoms with Gasteiger partial charge < -0.3 is 10.1 Å². The summed E-state index contributed by atoms with van der Waals surface area (Å²) in [5.74, 6) is 1.02. The molecule has 0 bridgehead atoms. The van der Waals surface area contributed by atoms with Gasteiger partial charge in [0.1, 0.15) is 5.52 Å². The number of carbonyl (C=O) groups excluding carboxylic acids is 1. The zero-order valence-electron chi connectivity index (χ0n) is 20.5. The molecule has 186 valence electrons. The van der Waals surface area contributed by atoms with Gasteiger partial charge in [-0.3, -0.25) is 20.2 Å².